The molecule has 3 aromatic carbocycles. The first kappa shape index (κ1) is 25.6. The topological polar surface area (TPSA) is 137 Å². The van der Waals surface area contributed by atoms with Crippen LogP contribution in [0.2, 0.25) is 0 Å². The average Bonchev–Trinajstić information content (AvgIpc) is 3.33. The van der Waals surface area contributed by atoms with Crippen LogP contribution in [0.25, 0.3) is 10.8 Å². The Morgan fingerprint density at radius 2 is 1.78 bits per heavy atom. The number of rotatable bonds is 8. The van der Waals surface area contributed by atoms with Crippen LogP contribution in [0, 0.1) is 3.57 Å². The van der Waals surface area contributed by atoms with Gasteiger partial charge in [-0.15, -0.1) is 5.10 Å². The monoisotopic (exact) mass is 644 g/mol. The summed E-state index contributed by atoms with van der Waals surface area (Å²) >= 11 is 3.43. The first-order valence-corrected chi connectivity index (χ1v) is 14.8. The summed E-state index contributed by atoms with van der Waals surface area (Å²) < 4.78 is 25.1. The van der Waals surface area contributed by atoms with Gasteiger partial charge in [0.1, 0.15) is 3.57 Å². The maximum absolute atomic E-state index is 12.6. The van der Waals surface area contributed by atoms with Gasteiger partial charge in [0.15, 0.2) is 5.16 Å². The zero-order valence-electron chi connectivity index (χ0n) is 19.3. The Morgan fingerprint density at radius 1 is 1.03 bits per heavy atom. The van der Waals surface area contributed by atoms with Crippen molar-refractivity contribution in [1.82, 2.24) is 25.0 Å². The van der Waals surface area contributed by atoms with Gasteiger partial charge in [-0.1, -0.05) is 71.6 Å². The number of fused-ring (bicyclic) bond motifs is 1. The Bertz CT molecular complexity index is 1750. The number of hydrogen-bond donors (Lipinski definition) is 2. The van der Waals surface area contributed by atoms with E-state index in [0.717, 1.165) is 33.3 Å². The predicted molar refractivity (Wildman–Crippen MR) is 151 cm³/mol. The average molecular weight is 645 g/mol. The van der Waals surface area contributed by atoms with Crippen molar-refractivity contribution in [1.29, 1.82) is 0 Å². The fraction of sp³-hybridized carbons (Fsp3) is 0.120. The molecule has 37 heavy (non-hydrogen) atoms. The van der Waals surface area contributed by atoms with E-state index >= 15 is 0 Å². The number of primary sulfonamides is 1. The first-order valence-electron chi connectivity index (χ1n) is 11.1. The summed E-state index contributed by atoms with van der Waals surface area (Å²) in [6.45, 7) is 0.427. The molecule has 0 aliphatic rings. The minimum Gasteiger partial charge on any atom is -0.301 e. The second kappa shape index (κ2) is 10.7. The van der Waals surface area contributed by atoms with Crippen molar-refractivity contribution in [2.75, 3.05) is 0 Å². The van der Waals surface area contributed by atoms with E-state index in [4.69, 9.17) is 10.1 Å². The van der Waals surface area contributed by atoms with E-state index in [2.05, 4.69) is 62.2 Å². The van der Waals surface area contributed by atoms with Gasteiger partial charge in [-0.3, -0.25) is 4.79 Å². The number of H-pyrrole nitrogens is 1. The van der Waals surface area contributed by atoms with Gasteiger partial charge < -0.3 is 4.98 Å². The van der Waals surface area contributed by atoms with Crippen LogP contribution in [0.15, 0.2) is 87.8 Å². The number of nitrogens with one attached hydrogen (secondary N) is 1. The van der Waals surface area contributed by atoms with Crippen molar-refractivity contribution in [3.05, 3.63) is 109 Å². The summed E-state index contributed by atoms with van der Waals surface area (Å²) in [6, 6.07) is 20.6. The molecule has 5 aromatic rings. The molecule has 3 N–H and O–H groups in total. The highest BCUT2D eigenvalue weighted by Crippen LogP contribution is 2.24. The molecule has 2 heterocycles. The van der Waals surface area contributed by atoms with Gasteiger partial charge in [0, 0.05) is 18.4 Å². The molecule has 5 rings (SSSR count). The van der Waals surface area contributed by atoms with Gasteiger partial charge in [0.05, 0.1) is 22.8 Å². The Kier molecular flexibility index (Phi) is 7.42. The Balaban J connectivity index is 1.28. The van der Waals surface area contributed by atoms with Crippen LogP contribution in [0.5, 0.6) is 0 Å². The van der Waals surface area contributed by atoms with Crippen LogP contribution in [0.4, 0.5) is 0 Å². The number of nitrogens with two attached hydrogens (primary N) is 1. The van der Waals surface area contributed by atoms with Crippen LogP contribution in [0.1, 0.15) is 22.5 Å². The highest BCUT2D eigenvalue weighted by Gasteiger charge is 2.13. The van der Waals surface area contributed by atoms with Gasteiger partial charge >= 0.3 is 0 Å². The van der Waals surface area contributed by atoms with Gasteiger partial charge in [-0.05, 0) is 56.6 Å². The van der Waals surface area contributed by atoms with Crippen molar-refractivity contribution in [3.63, 3.8) is 0 Å². The molecule has 0 radical (unpaired) electrons. The third-order valence-corrected chi connectivity index (χ3v) is 8.64. The molecular formula is C25H21IN6O3S2. The molecule has 0 amide bonds. The normalized spacial score (nSPS) is 11.7. The van der Waals surface area contributed by atoms with Crippen molar-refractivity contribution in [2.45, 2.75) is 28.8 Å². The highest BCUT2D eigenvalue weighted by molar-refractivity contribution is 14.1. The van der Waals surface area contributed by atoms with E-state index in [9.17, 15) is 13.2 Å². The molecule has 0 aliphatic carbocycles. The summed E-state index contributed by atoms with van der Waals surface area (Å²) in [5, 5.41) is 16.3. The number of thioether (sulfide) groups is 1. The lowest BCUT2D eigenvalue weighted by Gasteiger charge is -2.09. The SMILES string of the molecule is NS(=O)(=O)c1ccc(Cn2cc(CSc3nc(Cc4cccc5ccccc45)c(I)c(=O)[nH]3)nn2)cc1. The number of aromatic amines is 1. The lowest BCUT2D eigenvalue weighted by Crippen LogP contribution is -2.16. The largest absolute Gasteiger partial charge is 0.301 e. The summed E-state index contributed by atoms with van der Waals surface area (Å²) in [5.41, 5.74) is 3.26. The number of sulfonamides is 1. The quantitative estimate of drug-likeness (QED) is 0.149. The minimum absolute atomic E-state index is 0.0609. The van der Waals surface area contributed by atoms with E-state index in [1.54, 1.807) is 16.8 Å². The second-order valence-electron chi connectivity index (χ2n) is 8.33. The highest BCUT2D eigenvalue weighted by atomic mass is 127. The van der Waals surface area contributed by atoms with E-state index in [1.807, 2.05) is 24.4 Å². The molecule has 0 aliphatic heterocycles. The smallest absolute Gasteiger partial charge is 0.265 e. The summed E-state index contributed by atoms with van der Waals surface area (Å²) in [4.78, 5) is 20.3. The predicted octanol–water partition coefficient (Wildman–Crippen LogP) is 3.70. The number of aromatic nitrogens is 5. The van der Waals surface area contributed by atoms with Crippen molar-refractivity contribution < 1.29 is 8.42 Å². The number of nitrogens with zero attached hydrogens (tertiary/aromatic N) is 4. The standard InChI is InChI=1S/C25H21IN6O3S2/c26-23-22(12-18-6-3-5-17-4-1-2-7-21(17)18)28-25(29-24(23)33)36-15-19-14-32(31-30-19)13-16-8-10-20(11-9-16)37(27,34)35/h1-11,14H,12-13,15H2,(H2,27,34,35)(H,28,29,33). The molecule has 0 bridgehead atoms. The van der Waals surface area contributed by atoms with E-state index < -0.39 is 10.0 Å². The Hall–Kier alpha value is -3.07. The molecular weight excluding hydrogens is 623 g/mol. The molecule has 0 spiro atoms. The van der Waals surface area contributed by atoms with Crippen LogP contribution in [0.3, 0.4) is 0 Å². The fourth-order valence-corrected chi connectivity index (χ4v) is 5.61. The molecule has 188 valence electrons. The van der Waals surface area contributed by atoms with Crippen LogP contribution >= 0.6 is 34.4 Å². The lowest BCUT2D eigenvalue weighted by molar-refractivity contribution is 0.597. The number of halogens is 1. The maximum atomic E-state index is 12.6. The molecule has 2 aromatic heterocycles. The van der Waals surface area contributed by atoms with Gasteiger partial charge in [-0.25, -0.2) is 23.2 Å². The number of hydrogen-bond acceptors (Lipinski definition) is 7. The third kappa shape index (κ3) is 6.09. The fourth-order valence-electron chi connectivity index (χ4n) is 3.89. The first-order chi connectivity index (χ1) is 17.8. The maximum Gasteiger partial charge on any atom is 0.265 e. The summed E-state index contributed by atoms with van der Waals surface area (Å²) in [6.07, 6.45) is 2.36. The molecule has 0 atom stereocenters. The molecule has 0 unspecified atom stereocenters. The Morgan fingerprint density at radius 3 is 2.57 bits per heavy atom. The molecule has 0 saturated heterocycles. The number of benzene rings is 3. The van der Waals surface area contributed by atoms with Crippen molar-refractivity contribution in [3.8, 4) is 0 Å². The van der Waals surface area contributed by atoms with Gasteiger partial charge in [-0.2, -0.15) is 0 Å². The van der Waals surface area contributed by atoms with Crippen molar-refractivity contribution in [2.24, 2.45) is 5.14 Å². The zero-order valence-corrected chi connectivity index (χ0v) is 23.1. The van der Waals surface area contributed by atoms with E-state index in [0.29, 0.717) is 27.4 Å². The Labute approximate surface area is 230 Å². The van der Waals surface area contributed by atoms with Crippen LogP contribution < -0.4 is 10.7 Å². The zero-order chi connectivity index (χ0) is 26.0. The second-order valence-corrected chi connectivity index (χ2v) is 11.9. The molecule has 9 nitrogen and oxygen atoms in total. The van der Waals surface area contributed by atoms with E-state index in [-0.39, 0.29) is 10.5 Å². The molecule has 0 saturated carbocycles. The molecule has 0 fully saturated rings. The van der Waals surface area contributed by atoms with E-state index in [1.165, 1.54) is 23.9 Å². The van der Waals surface area contributed by atoms with Gasteiger partial charge in [0.25, 0.3) is 5.56 Å². The third-order valence-electron chi connectivity index (χ3n) is 5.69. The van der Waals surface area contributed by atoms with Crippen LogP contribution in [-0.4, -0.2) is 33.4 Å². The summed E-state index contributed by atoms with van der Waals surface area (Å²) in [5.74, 6) is 0.474. The molecule has 12 heteroatoms. The van der Waals surface area contributed by atoms with Crippen molar-refractivity contribution >= 4 is 55.1 Å². The van der Waals surface area contributed by atoms with Gasteiger partial charge in [0.2, 0.25) is 10.0 Å². The summed E-state index contributed by atoms with van der Waals surface area (Å²) in [7, 11) is -3.73. The van der Waals surface area contributed by atoms with Crippen LogP contribution in [-0.2, 0) is 28.7 Å². The minimum atomic E-state index is -3.73. The lowest BCUT2D eigenvalue weighted by atomic mass is 10.0.